The number of ketones is 1. The normalized spacial score (nSPS) is 12.3. The molecule has 1 heterocycles. The highest BCUT2D eigenvalue weighted by Crippen LogP contribution is 2.26. The van der Waals surface area contributed by atoms with E-state index in [0.717, 1.165) is 16.7 Å². The molecule has 3 rings (SSSR count). The first kappa shape index (κ1) is 31.0. The van der Waals surface area contributed by atoms with Crippen LogP contribution in [0.4, 0.5) is 0 Å². The highest BCUT2D eigenvalue weighted by Gasteiger charge is 2.27. The molecule has 2 atom stereocenters. The predicted octanol–water partition coefficient (Wildman–Crippen LogP) is 3.87. The van der Waals surface area contributed by atoms with Crippen LogP contribution in [0.2, 0.25) is 5.02 Å². The topological polar surface area (TPSA) is 190 Å². The van der Waals surface area contributed by atoms with E-state index in [0.29, 0.717) is 16.5 Å². The number of rotatable bonds is 16. The number of hydrogen-bond donors (Lipinski definition) is 4. The van der Waals surface area contributed by atoms with Crippen molar-refractivity contribution in [2.75, 3.05) is 0 Å². The number of benzene rings is 2. The van der Waals surface area contributed by atoms with E-state index in [9.17, 15) is 24.0 Å². The van der Waals surface area contributed by atoms with Crippen LogP contribution in [0.3, 0.4) is 0 Å². The van der Waals surface area contributed by atoms with Gasteiger partial charge >= 0.3 is 11.9 Å². The Labute approximate surface area is 240 Å². The van der Waals surface area contributed by atoms with Crippen LogP contribution < -0.4 is 11.1 Å². The number of carboxylic acids is 2. The fourth-order valence-corrected chi connectivity index (χ4v) is 4.37. The van der Waals surface area contributed by atoms with E-state index in [2.05, 4.69) is 10.5 Å². The number of primary amides is 1. The van der Waals surface area contributed by atoms with E-state index < -0.39 is 54.3 Å². The molecule has 12 heteroatoms. The number of nitrogens with zero attached hydrogens (tertiary/aromatic N) is 1. The van der Waals surface area contributed by atoms with Gasteiger partial charge in [0.1, 0.15) is 11.5 Å². The van der Waals surface area contributed by atoms with Crippen LogP contribution in [0.5, 0.6) is 0 Å². The number of carbonyl (C=O) groups excluding carboxylic acids is 3. The summed E-state index contributed by atoms with van der Waals surface area (Å²) in [5.74, 6) is -4.90. The number of hydrogen-bond acceptors (Lipinski definition) is 7. The lowest BCUT2D eigenvalue weighted by Gasteiger charge is -2.19. The third kappa shape index (κ3) is 9.87. The molecule has 2 aromatic carbocycles. The Morgan fingerprint density at radius 2 is 1.54 bits per heavy atom. The number of nitrogens with two attached hydrogens (primary N) is 1. The predicted molar refractivity (Wildman–Crippen MR) is 149 cm³/mol. The lowest BCUT2D eigenvalue weighted by molar-refractivity contribution is -0.139. The van der Waals surface area contributed by atoms with Gasteiger partial charge in [0.15, 0.2) is 5.78 Å². The summed E-state index contributed by atoms with van der Waals surface area (Å²) in [6.07, 6.45) is -1.41. The first-order valence-electron chi connectivity index (χ1n) is 12.9. The summed E-state index contributed by atoms with van der Waals surface area (Å²) in [5.41, 5.74) is 8.64. The Balaban J connectivity index is 1.59. The monoisotopic (exact) mass is 583 g/mol. The summed E-state index contributed by atoms with van der Waals surface area (Å²) in [4.78, 5) is 59.0. The van der Waals surface area contributed by atoms with Gasteiger partial charge in [0, 0.05) is 54.7 Å². The van der Waals surface area contributed by atoms with E-state index >= 15 is 0 Å². The van der Waals surface area contributed by atoms with Crippen molar-refractivity contribution in [2.24, 2.45) is 11.7 Å². The number of aromatic nitrogens is 1. The van der Waals surface area contributed by atoms with Crippen LogP contribution in [0.15, 0.2) is 59.1 Å². The molecule has 2 amide bonds. The summed E-state index contributed by atoms with van der Waals surface area (Å²) in [6.45, 7) is 0. The molecule has 0 bridgehead atoms. The standard InChI is InChI=1S/C29H30ClN3O8/c30-21-3-1-2-19(14-21)17-4-6-18(7-5-17)24-16-22(41-33-24)9-11-26(35)32-23(10-13-28(38)39)25(34)15-20(29(31)40)8-12-27(36)37/h1-7,14,16,20,23H,8-13,15H2,(H2,31,40)(H,32,35)(H,36,37)(H,38,39)/t20-,23-/m0/s1. The van der Waals surface area contributed by atoms with Gasteiger partial charge in [0.25, 0.3) is 0 Å². The minimum absolute atomic E-state index is 0.0720. The molecule has 0 spiro atoms. The van der Waals surface area contributed by atoms with Crippen LogP contribution in [0, 0.1) is 5.92 Å². The molecular formula is C29H30ClN3O8. The maximum Gasteiger partial charge on any atom is 0.303 e. The lowest BCUT2D eigenvalue weighted by atomic mass is 9.92. The Morgan fingerprint density at radius 1 is 0.878 bits per heavy atom. The van der Waals surface area contributed by atoms with Crippen molar-refractivity contribution in [1.29, 1.82) is 0 Å². The smallest absolute Gasteiger partial charge is 0.303 e. The molecule has 0 saturated carbocycles. The van der Waals surface area contributed by atoms with Gasteiger partial charge < -0.3 is 25.8 Å². The quantitative estimate of drug-likeness (QED) is 0.194. The number of amides is 2. The van der Waals surface area contributed by atoms with Gasteiger partial charge in [-0.1, -0.05) is 53.2 Å². The average molecular weight is 584 g/mol. The maximum absolute atomic E-state index is 12.8. The van der Waals surface area contributed by atoms with E-state index in [1.54, 1.807) is 12.1 Å². The van der Waals surface area contributed by atoms with E-state index in [1.807, 2.05) is 42.5 Å². The molecule has 0 aliphatic heterocycles. The molecule has 0 aliphatic rings. The Kier molecular flexibility index (Phi) is 11.2. The summed E-state index contributed by atoms with van der Waals surface area (Å²) in [5, 5.41) is 25.1. The van der Waals surface area contributed by atoms with Crippen LogP contribution in [0.1, 0.15) is 44.3 Å². The molecule has 3 aromatic rings. The van der Waals surface area contributed by atoms with Crippen molar-refractivity contribution < 1.29 is 38.7 Å². The van der Waals surface area contributed by atoms with Crippen molar-refractivity contribution in [3.05, 3.63) is 65.4 Å². The number of aliphatic carboxylic acids is 2. The fraction of sp³-hybridized carbons (Fsp3) is 0.310. The Bertz CT molecular complexity index is 1400. The van der Waals surface area contributed by atoms with E-state index in [1.165, 1.54) is 0 Å². The molecule has 41 heavy (non-hydrogen) atoms. The zero-order valence-corrected chi connectivity index (χ0v) is 22.8. The molecular weight excluding hydrogens is 554 g/mol. The number of nitrogens with one attached hydrogen (secondary N) is 1. The minimum Gasteiger partial charge on any atom is -0.481 e. The minimum atomic E-state index is -1.17. The summed E-state index contributed by atoms with van der Waals surface area (Å²) in [6, 6.07) is 15.7. The molecule has 0 fully saturated rings. The second-order valence-electron chi connectivity index (χ2n) is 9.52. The number of carbonyl (C=O) groups is 5. The second kappa shape index (κ2) is 14.8. The van der Waals surface area contributed by atoms with Gasteiger partial charge in [0.05, 0.1) is 6.04 Å². The molecule has 0 aliphatic carbocycles. The van der Waals surface area contributed by atoms with Gasteiger partial charge in [-0.05, 0) is 36.1 Å². The van der Waals surface area contributed by atoms with Crippen LogP contribution >= 0.6 is 11.6 Å². The number of aryl methyl sites for hydroxylation is 1. The Morgan fingerprint density at radius 3 is 2.17 bits per heavy atom. The zero-order chi connectivity index (χ0) is 29.9. The number of Topliss-reactive ketones (excluding diaryl/α,β-unsaturated/α-hetero) is 1. The second-order valence-corrected chi connectivity index (χ2v) is 9.96. The molecule has 0 unspecified atom stereocenters. The van der Waals surface area contributed by atoms with E-state index in [-0.39, 0.29) is 32.1 Å². The van der Waals surface area contributed by atoms with Crippen molar-refractivity contribution in [3.63, 3.8) is 0 Å². The first-order valence-corrected chi connectivity index (χ1v) is 13.3. The van der Waals surface area contributed by atoms with Crippen LogP contribution in [-0.2, 0) is 30.4 Å². The molecule has 0 saturated heterocycles. The number of halogens is 1. The fourth-order valence-electron chi connectivity index (χ4n) is 4.18. The summed E-state index contributed by atoms with van der Waals surface area (Å²) >= 11 is 6.07. The Hall–Kier alpha value is -4.51. The summed E-state index contributed by atoms with van der Waals surface area (Å²) < 4.78 is 5.37. The SMILES string of the molecule is NC(=O)[C@@H](CCC(=O)O)CC(=O)[C@H](CCC(=O)O)NC(=O)CCc1cc(-c2ccc(-c3cccc(Cl)c3)cc2)no1. The van der Waals surface area contributed by atoms with Crippen LogP contribution in [0.25, 0.3) is 22.4 Å². The van der Waals surface area contributed by atoms with Gasteiger partial charge in [-0.15, -0.1) is 0 Å². The maximum atomic E-state index is 12.8. The third-order valence-electron chi connectivity index (χ3n) is 6.42. The number of carboxylic acid groups (broad SMARTS) is 2. The molecule has 11 nitrogen and oxygen atoms in total. The van der Waals surface area contributed by atoms with Crippen LogP contribution in [-0.4, -0.2) is 50.9 Å². The van der Waals surface area contributed by atoms with Gasteiger partial charge in [-0.2, -0.15) is 0 Å². The van der Waals surface area contributed by atoms with Crippen molar-refractivity contribution >= 4 is 41.1 Å². The van der Waals surface area contributed by atoms with Crippen molar-refractivity contribution in [2.45, 2.75) is 51.0 Å². The molecule has 1 aromatic heterocycles. The van der Waals surface area contributed by atoms with Gasteiger partial charge in [0.2, 0.25) is 11.8 Å². The highest BCUT2D eigenvalue weighted by atomic mass is 35.5. The zero-order valence-electron chi connectivity index (χ0n) is 22.0. The highest BCUT2D eigenvalue weighted by molar-refractivity contribution is 6.30. The van der Waals surface area contributed by atoms with Gasteiger partial charge in [-0.25, -0.2) is 0 Å². The largest absolute Gasteiger partial charge is 0.481 e. The molecule has 216 valence electrons. The molecule has 0 radical (unpaired) electrons. The lowest BCUT2D eigenvalue weighted by Crippen LogP contribution is -2.43. The molecule has 5 N–H and O–H groups in total. The van der Waals surface area contributed by atoms with Crippen molar-refractivity contribution in [1.82, 2.24) is 10.5 Å². The van der Waals surface area contributed by atoms with Gasteiger partial charge in [-0.3, -0.25) is 24.0 Å². The first-order chi connectivity index (χ1) is 19.5. The van der Waals surface area contributed by atoms with E-state index in [4.69, 9.17) is 32.1 Å². The third-order valence-corrected chi connectivity index (χ3v) is 6.66. The average Bonchev–Trinajstić information content (AvgIpc) is 3.41. The summed E-state index contributed by atoms with van der Waals surface area (Å²) in [7, 11) is 0. The van der Waals surface area contributed by atoms with Crippen molar-refractivity contribution in [3.8, 4) is 22.4 Å².